The lowest BCUT2D eigenvalue weighted by Gasteiger charge is -2.22. The first-order valence-corrected chi connectivity index (χ1v) is 7.43. The maximum absolute atomic E-state index is 5.93. The molecule has 1 fully saturated rings. The van der Waals surface area contributed by atoms with Gasteiger partial charge in [0.25, 0.3) is 0 Å². The fourth-order valence-corrected chi connectivity index (χ4v) is 2.59. The van der Waals surface area contributed by atoms with Crippen LogP contribution >= 0.6 is 11.6 Å². The number of rotatable bonds is 4. The van der Waals surface area contributed by atoms with E-state index in [1.807, 2.05) is 13.2 Å². The number of ether oxygens (including phenoxy) is 1. The second-order valence-corrected chi connectivity index (χ2v) is 5.58. The van der Waals surface area contributed by atoms with Gasteiger partial charge >= 0.3 is 0 Å². The van der Waals surface area contributed by atoms with Crippen LogP contribution in [-0.2, 0) is 11.8 Å². The highest BCUT2D eigenvalue weighted by atomic mass is 35.5. The van der Waals surface area contributed by atoms with Gasteiger partial charge in [0.15, 0.2) is 0 Å². The molecule has 0 unspecified atom stereocenters. The van der Waals surface area contributed by atoms with Gasteiger partial charge in [0.2, 0.25) is 5.28 Å². The molecule has 2 aromatic heterocycles. The van der Waals surface area contributed by atoms with Crippen molar-refractivity contribution < 1.29 is 4.74 Å². The number of halogens is 1. The van der Waals surface area contributed by atoms with E-state index in [0.717, 1.165) is 49.5 Å². The van der Waals surface area contributed by atoms with Crippen LogP contribution in [0.4, 0.5) is 5.82 Å². The van der Waals surface area contributed by atoms with Gasteiger partial charge in [-0.25, -0.2) is 9.97 Å². The number of aromatic nitrogens is 4. The van der Waals surface area contributed by atoms with Crippen LogP contribution in [0, 0.1) is 5.92 Å². The predicted octanol–water partition coefficient (Wildman–Crippen LogP) is 2.37. The third-order valence-corrected chi connectivity index (χ3v) is 3.86. The lowest BCUT2D eigenvalue weighted by atomic mass is 10.0. The normalized spacial score (nSPS) is 16.1. The summed E-state index contributed by atoms with van der Waals surface area (Å²) in [6.45, 7) is 2.54. The van der Waals surface area contributed by atoms with Crippen LogP contribution in [0.1, 0.15) is 12.8 Å². The van der Waals surface area contributed by atoms with Crippen molar-refractivity contribution in [3.8, 4) is 11.1 Å². The van der Waals surface area contributed by atoms with E-state index in [2.05, 4.69) is 20.4 Å². The molecule has 0 amide bonds. The van der Waals surface area contributed by atoms with Crippen LogP contribution in [0.5, 0.6) is 0 Å². The summed E-state index contributed by atoms with van der Waals surface area (Å²) in [6.07, 6.45) is 7.62. The van der Waals surface area contributed by atoms with Crippen molar-refractivity contribution in [2.75, 3.05) is 25.1 Å². The Morgan fingerprint density at radius 3 is 2.90 bits per heavy atom. The number of hydrogen-bond donors (Lipinski definition) is 1. The van der Waals surface area contributed by atoms with E-state index >= 15 is 0 Å². The average molecular weight is 308 g/mol. The summed E-state index contributed by atoms with van der Waals surface area (Å²) < 4.78 is 7.14. The molecule has 7 heteroatoms. The van der Waals surface area contributed by atoms with Crippen molar-refractivity contribution in [3.63, 3.8) is 0 Å². The molecule has 0 bridgehead atoms. The first-order valence-electron chi connectivity index (χ1n) is 7.05. The minimum atomic E-state index is 0.247. The van der Waals surface area contributed by atoms with Gasteiger partial charge in [-0.15, -0.1) is 0 Å². The lowest BCUT2D eigenvalue weighted by Crippen LogP contribution is -2.23. The van der Waals surface area contributed by atoms with Gasteiger partial charge in [0, 0.05) is 50.3 Å². The summed E-state index contributed by atoms with van der Waals surface area (Å²) in [5, 5.41) is 7.84. The second kappa shape index (κ2) is 6.41. The number of nitrogens with one attached hydrogen (secondary N) is 1. The van der Waals surface area contributed by atoms with Gasteiger partial charge in [-0.3, -0.25) is 4.68 Å². The van der Waals surface area contributed by atoms with Crippen LogP contribution in [0.3, 0.4) is 0 Å². The van der Waals surface area contributed by atoms with Gasteiger partial charge in [0.05, 0.1) is 6.20 Å². The monoisotopic (exact) mass is 307 g/mol. The van der Waals surface area contributed by atoms with E-state index in [1.165, 1.54) is 0 Å². The van der Waals surface area contributed by atoms with Crippen LogP contribution < -0.4 is 5.32 Å². The largest absolute Gasteiger partial charge is 0.381 e. The molecule has 0 atom stereocenters. The van der Waals surface area contributed by atoms with Gasteiger partial charge < -0.3 is 10.1 Å². The van der Waals surface area contributed by atoms with E-state index in [0.29, 0.717) is 5.92 Å². The quantitative estimate of drug-likeness (QED) is 0.879. The molecule has 112 valence electrons. The molecule has 1 N–H and O–H groups in total. The Hall–Kier alpha value is -1.66. The molecule has 3 rings (SSSR count). The Morgan fingerprint density at radius 1 is 1.38 bits per heavy atom. The minimum absolute atomic E-state index is 0.247. The summed E-state index contributed by atoms with van der Waals surface area (Å²) in [7, 11) is 1.88. The van der Waals surface area contributed by atoms with Gasteiger partial charge in [-0.05, 0) is 30.4 Å². The molecule has 0 spiro atoms. The Labute approximate surface area is 128 Å². The van der Waals surface area contributed by atoms with E-state index in [1.54, 1.807) is 17.1 Å². The number of aryl methyl sites for hydroxylation is 1. The molecule has 0 aliphatic carbocycles. The van der Waals surface area contributed by atoms with Crippen LogP contribution in [0.2, 0.25) is 5.28 Å². The molecule has 2 aromatic rings. The van der Waals surface area contributed by atoms with E-state index in [-0.39, 0.29) is 5.28 Å². The third kappa shape index (κ3) is 3.51. The number of nitrogens with zero attached hydrogens (tertiary/aromatic N) is 4. The molecular formula is C14H18ClN5O. The number of anilines is 1. The summed E-state index contributed by atoms with van der Waals surface area (Å²) in [5.41, 5.74) is 1.89. The molecule has 1 aliphatic heterocycles. The summed E-state index contributed by atoms with van der Waals surface area (Å²) >= 11 is 5.93. The van der Waals surface area contributed by atoms with E-state index < -0.39 is 0 Å². The van der Waals surface area contributed by atoms with Crippen molar-refractivity contribution in [3.05, 3.63) is 23.9 Å². The fraction of sp³-hybridized carbons (Fsp3) is 0.500. The van der Waals surface area contributed by atoms with Crippen LogP contribution in [0.15, 0.2) is 18.6 Å². The van der Waals surface area contributed by atoms with Gasteiger partial charge in [-0.1, -0.05) is 0 Å². The van der Waals surface area contributed by atoms with Crippen molar-refractivity contribution in [1.29, 1.82) is 0 Å². The molecule has 0 aromatic carbocycles. The first-order chi connectivity index (χ1) is 10.2. The highest BCUT2D eigenvalue weighted by Gasteiger charge is 2.16. The standard InChI is InChI=1S/C14H18ClN5O/c1-20-9-11(7-18-20)12-8-17-14(15)19-13(12)16-6-10-2-4-21-5-3-10/h7-10H,2-6H2,1H3,(H,16,17,19). The SMILES string of the molecule is Cn1cc(-c2cnc(Cl)nc2NCC2CCOCC2)cn1. The second-order valence-electron chi connectivity index (χ2n) is 5.24. The van der Waals surface area contributed by atoms with Gasteiger partial charge in [0.1, 0.15) is 5.82 Å². The molecular weight excluding hydrogens is 290 g/mol. The molecule has 0 saturated carbocycles. The zero-order chi connectivity index (χ0) is 14.7. The topological polar surface area (TPSA) is 64.9 Å². The molecule has 1 aliphatic rings. The molecule has 0 radical (unpaired) electrons. The average Bonchev–Trinajstić information content (AvgIpc) is 2.93. The third-order valence-electron chi connectivity index (χ3n) is 3.67. The summed E-state index contributed by atoms with van der Waals surface area (Å²) in [4.78, 5) is 8.40. The maximum Gasteiger partial charge on any atom is 0.224 e. The maximum atomic E-state index is 5.93. The Morgan fingerprint density at radius 2 is 2.19 bits per heavy atom. The molecule has 6 nitrogen and oxygen atoms in total. The van der Waals surface area contributed by atoms with Crippen molar-refractivity contribution in [2.24, 2.45) is 13.0 Å². The zero-order valence-corrected chi connectivity index (χ0v) is 12.7. The smallest absolute Gasteiger partial charge is 0.224 e. The molecule has 1 saturated heterocycles. The fourth-order valence-electron chi connectivity index (χ4n) is 2.46. The van der Waals surface area contributed by atoms with Crippen molar-refractivity contribution >= 4 is 17.4 Å². The number of hydrogen-bond acceptors (Lipinski definition) is 5. The van der Waals surface area contributed by atoms with Crippen LogP contribution in [0.25, 0.3) is 11.1 Å². The van der Waals surface area contributed by atoms with Crippen molar-refractivity contribution in [1.82, 2.24) is 19.7 Å². The zero-order valence-electron chi connectivity index (χ0n) is 11.9. The predicted molar refractivity (Wildman–Crippen MR) is 81.3 cm³/mol. The lowest BCUT2D eigenvalue weighted by molar-refractivity contribution is 0.0699. The Bertz CT molecular complexity index is 609. The highest BCUT2D eigenvalue weighted by molar-refractivity contribution is 6.28. The van der Waals surface area contributed by atoms with Crippen molar-refractivity contribution in [2.45, 2.75) is 12.8 Å². The van der Waals surface area contributed by atoms with Crippen LogP contribution in [-0.4, -0.2) is 39.5 Å². The Balaban J connectivity index is 1.78. The molecule has 3 heterocycles. The first kappa shape index (κ1) is 14.3. The molecule has 21 heavy (non-hydrogen) atoms. The van der Waals surface area contributed by atoms with Gasteiger partial charge in [-0.2, -0.15) is 5.10 Å². The summed E-state index contributed by atoms with van der Waals surface area (Å²) in [6, 6.07) is 0. The highest BCUT2D eigenvalue weighted by Crippen LogP contribution is 2.27. The van der Waals surface area contributed by atoms with E-state index in [4.69, 9.17) is 16.3 Å². The van der Waals surface area contributed by atoms with E-state index in [9.17, 15) is 0 Å². The summed E-state index contributed by atoms with van der Waals surface area (Å²) in [5.74, 6) is 1.36. The minimum Gasteiger partial charge on any atom is -0.381 e. The Kier molecular flexibility index (Phi) is 4.36.